The molecule has 3 fully saturated rings. The van der Waals surface area contributed by atoms with Gasteiger partial charge in [-0.1, -0.05) is 69.2 Å². The Morgan fingerprint density at radius 1 is 1.05 bits per heavy atom. The Labute approximate surface area is 223 Å². The number of benzene rings is 1. The average molecular weight is 519 g/mol. The molecule has 3 aliphatic rings. The molecule has 0 spiro atoms. The summed E-state index contributed by atoms with van der Waals surface area (Å²) in [4.78, 5) is 17.4. The summed E-state index contributed by atoms with van der Waals surface area (Å²) in [5.41, 5.74) is 2.78. The zero-order valence-corrected chi connectivity index (χ0v) is 22.0. The summed E-state index contributed by atoms with van der Waals surface area (Å²) in [7, 11) is 0. The number of unbranched alkanes of at least 4 members (excludes halogenated alkanes) is 1. The zero-order valence-electron chi connectivity index (χ0n) is 22.0. The molecule has 1 aliphatic carbocycles. The van der Waals surface area contributed by atoms with Crippen molar-refractivity contribution in [1.29, 1.82) is 0 Å². The Bertz CT molecular complexity index is 1190. The molecular formula is C29H38N6O3. The fourth-order valence-electron chi connectivity index (χ4n) is 6.83. The normalized spacial score (nSPS) is 25.2. The maximum absolute atomic E-state index is 12.8. The van der Waals surface area contributed by atoms with Crippen LogP contribution in [0.15, 0.2) is 34.9 Å². The second-order valence-electron chi connectivity index (χ2n) is 11.4. The Kier molecular flexibility index (Phi) is 7.81. The van der Waals surface area contributed by atoms with E-state index >= 15 is 0 Å². The highest BCUT2D eigenvalue weighted by Gasteiger charge is 2.51. The van der Waals surface area contributed by atoms with Crippen LogP contribution < -0.4 is 5.32 Å². The van der Waals surface area contributed by atoms with Crippen molar-refractivity contribution >= 4 is 5.91 Å². The van der Waals surface area contributed by atoms with Crippen LogP contribution in [-0.2, 0) is 17.6 Å². The quantitative estimate of drug-likeness (QED) is 0.351. The summed E-state index contributed by atoms with van der Waals surface area (Å²) in [6.45, 7) is 0.689. The number of fused-ring (bicyclic) bond motifs is 2. The van der Waals surface area contributed by atoms with Gasteiger partial charge in [0.2, 0.25) is 5.89 Å². The second-order valence-corrected chi connectivity index (χ2v) is 11.4. The van der Waals surface area contributed by atoms with E-state index in [1.165, 1.54) is 56.8 Å². The molecule has 2 aliphatic heterocycles. The number of rotatable bonds is 11. The molecule has 0 unspecified atom stereocenters. The zero-order chi connectivity index (χ0) is 25.7. The summed E-state index contributed by atoms with van der Waals surface area (Å²) in [5.74, 6) is 2.46. The molecule has 3 aromatic rings. The van der Waals surface area contributed by atoms with Crippen LogP contribution in [0, 0.1) is 11.8 Å². The van der Waals surface area contributed by atoms with Gasteiger partial charge in [0.25, 0.3) is 5.91 Å². The molecule has 202 valence electrons. The van der Waals surface area contributed by atoms with Crippen molar-refractivity contribution < 1.29 is 13.9 Å². The van der Waals surface area contributed by atoms with Crippen LogP contribution >= 0.6 is 0 Å². The minimum absolute atomic E-state index is 0.0629. The van der Waals surface area contributed by atoms with Crippen LogP contribution in [0.25, 0.3) is 0 Å². The van der Waals surface area contributed by atoms with Gasteiger partial charge in [-0.25, -0.2) is 10.1 Å². The number of hydrogen-bond donors (Lipinski definition) is 2. The van der Waals surface area contributed by atoms with Crippen LogP contribution in [0.5, 0.6) is 0 Å². The number of amides is 1. The third-order valence-corrected chi connectivity index (χ3v) is 8.74. The smallest absolute Gasteiger partial charge is 0.273 e. The predicted molar refractivity (Wildman–Crippen MR) is 141 cm³/mol. The number of hydrogen-bond acceptors (Lipinski definition) is 7. The van der Waals surface area contributed by atoms with Gasteiger partial charge in [0.05, 0.1) is 18.1 Å². The molecule has 2 N–H and O–H groups in total. The molecule has 1 aromatic carbocycles. The number of oxazole rings is 1. The lowest BCUT2D eigenvalue weighted by Crippen LogP contribution is -2.28. The van der Waals surface area contributed by atoms with E-state index in [0.29, 0.717) is 24.6 Å². The van der Waals surface area contributed by atoms with E-state index in [-0.39, 0.29) is 30.0 Å². The SMILES string of the molecule is O=C(NCCCCC1CCCCC1)c1coc([C@H]2[C@@H](Cc3cccc(Cc4nnn[nH]4)c3)[C@@H]3CC[C@@H]2O3)n1. The maximum atomic E-state index is 12.8. The number of aromatic amines is 1. The minimum atomic E-state index is -0.145. The fraction of sp³-hybridized carbons (Fsp3) is 0.621. The fourth-order valence-corrected chi connectivity index (χ4v) is 6.83. The lowest BCUT2D eigenvalue weighted by molar-refractivity contribution is 0.0898. The van der Waals surface area contributed by atoms with E-state index in [4.69, 9.17) is 9.15 Å². The maximum Gasteiger partial charge on any atom is 0.273 e. The second kappa shape index (κ2) is 11.8. The molecule has 0 radical (unpaired) electrons. The summed E-state index contributed by atoms with van der Waals surface area (Å²) in [5, 5.41) is 17.2. The number of H-pyrrole nitrogens is 1. The van der Waals surface area contributed by atoms with Crippen LogP contribution in [0.1, 0.15) is 103 Å². The standard InChI is InChI=1S/C29H38N6O3/c36-28(30-14-5-4-9-19-7-2-1-3-8-19)23-18-37-29(31-23)27-22(24-12-13-25(27)38-24)16-20-10-6-11-21(15-20)17-26-32-34-35-33-26/h6,10-11,15,18-19,22,24-25,27H,1-5,7-9,12-14,16-17H2,(H,30,36)(H,32,33,34,35)/t22-,24-,25-,27-/m0/s1. The molecule has 9 heteroatoms. The number of nitrogens with zero attached hydrogens (tertiary/aromatic N) is 4. The third-order valence-electron chi connectivity index (χ3n) is 8.74. The highest BCUT2D eigenvalue weighted by molar-refractivity contribution is 5.91. The number of ether oxygens (including phenoxy) is 1. The summed E-state index contributed by atoms with van der Waals surface area (Å²) < 4.78 is 12.2. The Morgan fingerprint density at radius 2 is 1.92 bits per heavy atom. The van der Waals surface area contributed by atoms with Crippen LogP contribution in [0.3, 0.4) is 0 Å². The number of aromatic nitrogens is 5. The van der Waals surface area contributed by atoms with Gasteiger partial charge in [0.1, 0.15) is 6.26 Å². The first-order valence-corrected chi connectivity index (χ1v) is 14.4. The number of tetrazole rings is 1. The van der Waals surface area contributed by atoms with Gasteiger partial charge in [0.15, 0.2) is 11.5 Å². The van der Waals surface area contributed by atoms with E-state index in [1.807, 2.05) is 0 Å². The Morgan fingerprint density at radius 3 is 2.79 bits per heavy atom. The largest absolute Gasteiger partial charge is 0.448 e. The van der Waals surface area contributed by atoms with Gasteiger partial charge in [-0.05, 0) is 53.2 Å². The van der Waals surface area contributed by atoms with Gasteiger partial charge >= 0.3 is 0 Å². The lowest BCUT2D eigenvalue weighted by Gasteiger charge is -2.26. The molecule has 9 nitrogen and oxygen atoms in total. The molecule has 1 amide bonds. The van der Waals surface area contributed by atoms with Crippen molar-refractivity contribution in [3.8, 4) is 0 Å². The molecular weight excluding hydrogens is 480 g/mol. The van der Waals surface area contributed by atoms with E-state index in [9.17, 15) is 4.79 Å². The van der Waals surface area contributed by atoms with Crippen molar-refractivity contribution in [1.82, 2.24) is 30.9 Å². The number of nitrogens with one attached hydrogen (secondary N) is 2. The van der Waals surface area contributed by atoms with Gasteiger partial charge in [0, 0.05) is 18.9 Å². The molecule has 2 saturated heterocycles. The lowest BCUT2D eigenvalue weighted by atomic mass is 9.76. The monoisotopic (exact) mass is 518 g/mol. The summed E-state index contributed by atoms with van der Waals surface area (Å²) in [6, 6.07) is 8.55. The van der Waals surface area contributed by atoms with Crippen molar-refractivity contribution in [2.24, 2.45) is 11.8 Å². The first-order chi connectivity index (χ1) is 18.7. The van der Waals surface area contributed by atoms with E-state index in [1.54, 1.807) is 0 Å². The molecule has 4 atom stereocenters. The first kappa shape index (κ1) is 25.2. The van der Waals surface area contributed by atoms with Crippen molar-refractivity contribution in [2.75, 3.05) is 6.54 Å². The molecule has 38 heavy (non-hydrogen) atoms. The highest BCUT2D eigenvalue weighted by Crippen LogP contribution is 2.49. The number of carbonyl (C=O) groups excluding carboxylic acids is 1. The van der Waals surface area contributed by atoms with Crippen molar-refractivity contribution in [2.45, 2.75) is 95.2 Å². The molecule has 2 bridgehead atoms. The number of carbonyl (C=O) groups is 1. The minimum Gasteiger partial charge on any atom is -0.448 e. The topological polar surface area (TPSA) is 119 Å². The highest BCUT2D eigenvalue weighted by atomic mass is 16.5. The molecule has 1 saturated carbocycles. The average Bonchev–Trinajstić information content (AvgIpc) is 3.75. The third kappa shape index (κ3) is 5.82. The van der Waals surface area contributed by atoms with Gasteiger partial charge in [-0.2, -0.15) is 0 Å². The first-order valence-electron chi connectivity index (χ1n) is 14.4. The van der Waals surface area contributed by atoms with Crippen LogP contribution in [0.2, 0.25) is 0 Å². The van der Waals surface area contributed by atoms with E-state index in [0.717, 1.165) is 43.0 Å². The van der Waals surface area contributed by atoms with E-state index in [2.05, 4.69) is 55.2 Å². The van der Waals surface area contributed by atoms with Crippen LogP contribution in [-0.4, -0.2) is 50.3 Å². The predicted octanol–water partition coefficient (Wildman–Crippen LogP) is 4.76. The van der Waals surface area contributed by atoms with Gasteiger partial charge in [-0.15, -0.1) is 5.10 Å². The van der Waals surface area contributed by atoms with Crippen molar-refractivity contribution in [3.05, 3.63) is 59.1 Å². The molecule has 4 heterocycles. The van der Waals surface area contributed by atoms with Crippen LogP contribution in [0.4, 0.5) is 0 Å². The summed E-state index contributed by atoms with van der Waals surface area (Å²) in [6.07, 6.45) is 15.8. The van der Waals surface area contributed by atoms with E-state index < -0.39 is 0 Å². The Hall–Kier alpha value is -3.07. The molecule has 2 aromatic heterocycles. The van der Waals surface area contributed by atoms with Gasteiger partial charge < -0.3 is 14.5 Å². The summed E-state index contributed by atoms with van der Waals surface area (Å²) >= 11 is 0. The van der Waals surface area contributed by atoms with Crippen molar-refractivity contribution in [3.63, 3.8) is 0 Å². The Balaban J connectivity index is 1.04. The van der Waals surface area contributed by atoms with Gasteiger partial charge in [-0.3, -0.25) is 4.79 Å². The molecule has 6 rings (SSSR count).